The van der Waals surface area contributed by atoms with Crippen molar-refractivity contribution in [2.45, 2.75) is 25.8 Å². The number of nitrogens with two attached hydrogens (primary N) is 1. The number of nitrogens with zero attached hydrogens (tertiary/aromatic N) is 2. The quantitative estimate of drug-likeness (QED) is 0.642. The van der Waals surface area contributed by atoms with Gasteiger partial charge in [-0.25, -0.2) is 0 Å². The number of hydrogen-bond donors (Lipinski definition) is 3. The molecular weight excluding hydrogens is 230 g/mol. The molecule has 0 saturated heterocycles. The van der Waals surface area contributed by atoms with Gasteiger partial charge in [0.2, 0.25) is 5.95 Å². The van der Waals surface area contributed by atoms with Crippen LogP contribution in [-0.2, 0) is 0 Å². The van der Waals surface area contributed by atoms with Crippen molar-refractivity contribution < 1.29 is 0 Å². The number of nitrogen functional groups attached to an aromatic ring is 1. The molecule has 1 fully saturated rings. The Balaban J connectivity index is 2.00. The SMILES string of the molecule is C=C1C(C)CCC1N1CNc2c1nc(N)[nH]c2=O. The highest BCUT2D eigenvalue weighted by molar-refractivity contribution is 5.71. The molecule has 0 amide bonds. The van der Waals surface area contributed by atoms with Crippen molar-refractivity contribution >= 4 is 17.5 Å². The minimum atomic E-state index is -0.211. The van der Waals surface area contributed by atoms with Gasteiger partial charge in [-0.05, 0) is 18.8 Å². The van der Waals surface area contributed by atoms with Crippen LogP contribution in [0.5, 0.6) is 0 Å². The summed E-state index contributed by atoms with van der Waals surface area (Å²) < 4.78 is 0. The van der Waals surface area contributed by atoms with E-state index in [2.05, 4.69) is 33.7 Å². The van der Waals surface area contributed by atoms with Gasteiger partial charge >= 0.3 is 0 Å². The summed E-state index contributed by atoms with van der Waals surface area (Å²) in [6.07, 6.45) is 2.18. The van der Waals surface area contributed by atoms with Crippen molar-refractivity contribution in [1.29, 1.82) is 0 Å². The summed E-state index contributed by atoms with van der Waals surface area (Å²) in [4.78, 5) is 20.6. The van der Waals surface area contributed by atoms with E-state index in [0.717, 1.165) is 12.8 Å². The average molecular weight is 247 g/mol. The van der Waals surface area contributed by atoms with Gasteiger partial charge in [0.1, 0.15) is 5.69 Å². The van der Waals surface area contributed by atoms with Crippen LogP contribution in [0, 0.1) is 5.92 Å². The molecular formula is C12H17N5O. The van der Waals surface area contributed by atoms with Gasteiger partial charge in [-0.3, -0.25) is 9.78 Å². The van der Waals surface area contributed by atoms with Gasteiger partial charge in [0.15, 0.2) is 5.82 Å². The highest BCUT2D eigenvalue weighted by Crippen LogP contribution is 2.38. The molecule has 0 bridgehead atoms. The second-order valence-electron chi connectivity index (χ2n) is 5.02. The number of hydrogen-bond acceptors (Lipinski definition) is 5. The smallest absolute Gasteiger partial charge is 0.277 e. The Bertz CT molecular complexity index is 564. The molecule has 6 nitrogen and oxygen atoms in total. The van der Waals surface area contributed by atoms with E-state index in [1.165, 1.54) is 5.57 Å². The molecule has 2 unspecified atom stereocenters. The summed E-state index contributed by atoms with van der Waals surface area (Å²) in [6.45, 7) is 6.94. The zero-order chi connectivity index (χ0) is 12.9. The average Bonchev–Trinajstić information content (AvgIpc) is 2.85. The van der Waals surface area contributed by atoms with Gasteiger partial charge in [0.25, 0.3) is 5.56 Å². The van der Waals surface area contributed by atoms with Crippen LogP contribution in [0.4, 0.5) is 17.5 Å². The molecule has 6 heteroatoms. The highest BCUT2D eigenvalue weighted by Gasteiger charge is 2.35. The first-order valence-electron chi connectivity index (χ1n) is 6.17. The second kappa shape index (κ2) is 3.76. The molecule has 4 N–H and O–H groups in total. The molecule has 1 aromatic rings. The maximum Gasteiger partial charge on any atom is 0.277 e. The van der Waals surface area contributed by atoms with Gasteiger partial charge < -0.3 is 16.0 Å². The summed E-state index contributed by atoms with van der Waals surface area (Å²) in [5.41, 5.74) is 7.12. The zero-order valence-electron chi connectivity index (χ0n) is 10.4. The number of nitrogens with one attached hydrogen (secondary N) is 2. The third kappa shape index (κ3) is 1.48. The molecule has 1 aliphatic heterocycles. The Morgan fingerprint density at radius 1 is 1.50 bits per heavy atom. The van der Waals surface area contributed by atoms with Crippen molar-refractivity contribution in [3.05, 3.63) is 22.5 Å². The second-order valence-corrected chi connectivity index (χ2v) is 5.02. The third-order valence-electron chi connectivity index (χ3n) is 3.93. The first-order chi connectivity index (χ1) is 8.58. The molecule has 3 rings (SSSR count). The van der Waals surface area contributed by atoms with Crippen molar-refractivity contribution in [2.75, 3.05) is 22.6 Å². The van der Waals surface area contributed by atoms with Crippen molar-refractivity contribution in [3.63, 3.8) is 0 Å². The largest absolute Gasteiger partial charge is 0.369 e. The Hall–Kier alpha value is -1.98. The highest BCUT2D eigenvalue weighted by atomic mass is 16.1. The first-order valence-corrected chi connectivity index (χ1v) is 6.17. The standard InChI is InChI=1S/C12H17N5O/c1-6-3-4-8(7(6)2)17-5-14-9-10(17)15-12(13)16-11(9)18/h6,8,14H,2-5H2,1H3,(H3,13,15,16,18). The fourth-order valence-electron chi connectivity index (χ4n) is 2.81. The van der Waals surface area contributed by atoms with Gasteiger partial charge in [0, 0.05) is 0 Å². The van der Waals surface area contributed by atoms with Crippen LogP contribution in [0.2, 0.25) is 0 Å². The van der Waals surface area contributed by atoms with Gasteiger partial charge in [-0.2, -0.15) is 4.98 Å². The lowest BCUT2D eigenvalue weighted by molar-refractivity contribution is 0.677. The summed E-state index contributed by atoms with van der Waals surface area (Å²) >= 11 is 0. The summed E-state index contributed by atoms with van der Waals surface area (Å²) in [6, 6.07) is 0.252. The molecule has 2 heterocycles. The van der Waals surface area contributed by atoms with Gasteiger partial charge in [-0.1, -0.05) is 19.1 Å². The lowest BCUT2D eigenvalue weighted by Gasteiger charge is -2.26. The predicted octanol–water partition coefficient (Wildman–Crippen LogP) is 0.896. The van der Waals surface area contributed by atoms with Crippen LogP contribution in [0.3, 0.4) is 0 Å². The topological polar surface area (TPSA) is 87.0 Å². The zero-order valence-corrected chi connectivity index (χ0v) is 10.4. The molecule has 96 valence electrons. The summed E-state index contributed by atoms with van der Waals surface area (Å²) in [7, 11) is 0. The van der Waals surface area contributed by atoms with E-state index >= 15 is 0 Å². The number of anilines is 3. The summed E-state index contributed by atoms with van der Waals surface area (Å²) in [5.74, 6) is 1.33. The maximum absolute atomic E-state index is 11.8. The van der Waals surface area contributed by atoms with Crippen LogP contribution >= 0.6 is 0 Å². The van der Waals surface area contributed by atoms with Crippen LogP contribution in [0.15, 0.2) is 16.9 Å². The Kier molecular flexibility index (Phi) is 2.33. The minimum Gasteiger partial charge on any atom is -0.369 e. The Morgan fingerprint density at radius 3 is 2.94 bits per heavy atom. The molecule has 0 aromatic carbocycles. The van der Waals surface area contributed by atoms with Crippen LogP contribution < -0.4 is 21.5 Å². The van der Waals surface area contributed by atoms with Gasteiger partial charge in [0.05, 0.1) is 12.7 Å². The molecule has 1 aromatic heterocycles. The van der Waals surface area contributed by atoms with E-state index in [4.69, 9.17) is 5.73 Å². The molecule has 2 atom stereocenters. The lowest BCUT2D eigenvalue weighted by Crippen LogP contribution is -2.34. The van der Waals surface area contributed by atoms with Crippen LogP contribution in [0.1, 0.15) is 19.8 Å². The molecule has 0 spiro atoms. The number of aromatic amines is 1. The van der Waals surface area contributed by atoms with Crippen molar-refractivity contribution in [3.8, 4) is 0 Å². The van der Waals surface area contributed by atoms with Crippen LogP contribution in [-0.4, -0.2) is 22.7 Å². The summed E-state index contributed by atoms with van der Waals surface area (Å²) in [5, 5.41) is 3.08. The Morgan fingerprint density at radius 2 is 2.28 bits per heavy atom. The molecule has 2 aliphatic rings. The normalized spacial score (nSPS) is 26.3. The minimum absolute atomic E-state index is 0.157. The Labute approximate surface area is 105 Å². The fourth-order valence-corrected chi connectivity index (χ4v) is 2.81. The van der Waals surface area contributed by atoms with E-state index < -0.39 is 0 Å². The maximum atomic E-state index is 11.8. The lowest BCUT2D eigenvalue weighted by atomic mass is 10.1. The van der Waals surface area contributed by atoms with Crippen molar-refractivity contribution in [1.82, 2.24) is 9.97 Å². The third-order valence-corrected chi connectivity index (χ3v) is 3.93. The van der Waals surface area contributed by atoms with E-state index in [9.17, 15) is 4.79 Å². The number of rotatable bonds is 1. The first kappa shape index (κ1) is 11.1. The van der Waals surface area contributed by atoms with Gasteiger partial charge in [-0.15, -0.1) is 0 Å². The van der Waals surface area contributed by atoms with E-state index in [1.807, 2.05) is 0 Å². The van der Waals surface area contributed by atoms with E-state index in [-0.39, 0.29) is 17.5 Å². The molecule has 18 heavy (non-hydrogen) atoms. The van der Waals surface area contributed by atoms with E-state index in [0.29, 0.717) is 24.1 Å². The fraction of sp³-hybridized carbons (Fsp3) is 0.500. The molecule has 0 radical (unpaired) electrons. The predicted molar refractivity (Wildman–Crippen MR) is 71.6 cm³/mol. The molecule has 1 aliphatic carbocycles. The molecule has 1 saturated carbocycles. The van der Waals surface area contributed by atoms with E-state index in [1.54, 1.807) is 0 Å². The van der Waals surface area contributed by atoms with Crippen molar-refractivity contribution in [2.24, 2.45) is 5.92 Å². The van der Waals surface area contributed by atoms with Crippen LogP contribution in [0.25, 0.3) is 0 Å². The number of fused-ring (bicyclic) bond motifs is 1. The number of H-pyrrole nitrogens is 1. The number of aromatic nitrogens is 2. The monoisotopic (exact) mass is 247 g/mol.